The van der Waals surface area contributed by atoms with E-state index in [2.05, 4.69) is 0 Å². The van der Waals surface area contributed by atoms with Crippen LogP contribution < -0.4 is 0 Å². The zero-order valence-electron chi connectivity index (χ0n) is 8.33. The predicted molar refractivity (Wildman–Crippen MR) is 60.1 cm³/mol. The third-order valence-corrected chi connectivity index (χ3v) is 2.19. The number of rotatable bonds is 3. The maximum atomic E-state index is 11.1. The van der Waals surface area contributed by atoms with Gasteiger partial charge in [0.1, 0.15) is 0 Å². The minimum atomic E-state index is -0.371. The number of carbonyl (C=O) groups excluding carboxylic acids is 1. The van der Waals surface area contributed by atoms with Gasteiger partial charge in [0.05, 0.1) is 0 Å². The topological polar surface area (TPSA) is 17.1 Å². The highest BCUT2D eigenvalue weighted by Gasteiger charge is 2.10. The fourth-order valence-electron chi connectivity index (χ4n) is 1.18. The van der Waals surface area contributed by atoms with E-state index < -0.39 is 0 Å². The number of hydrogen-bond acceptors (Lipinski definition) is 1. The second-order valence-electron chi connectivity index (χ2n) is 3.44. The average Bonchev–Trinajstić information content (AvgIpc) is 2.15. The van der Waals surface area contributed by atoms with E-state index in [1.165, 1.54) is 0 Å². The van der Waals surface area contributed by atoms with Crippen LogP contribution in [-0.2, 0) is 4.79 Å². The molecule has 0 atom stereocenters. The van der Waals surface area contributed by atoms with Crippen LogP contribution in [0.2, 0.25) is 0 Å². The van der Waals surface area contributed by atoms with Crippen LogP contribution in [0.1, 0.15) is 19.4 Å². The maximum absolute atomic E-state index is 11.1. The molecule has 0 N–H and O–H groups in total. The molecule has 2 heteroatoms. The number of benzene rings is 1. The molecular weight excluding hydrogens is 196 g/mol. The summed E-state index contributed by atoms with van der Waals surface area (Å²) in [6.07, 6.45) is 1.83. The van der Waals surface area contributed by atoms with Gasteiger partial charge in [0.15, 0.2) is 0 Å². The number of hydrogen-bond donors (Lipinski definition) is 0. The molecule has 0 aliphatic rings. The molecule has 0 spiro atoms. The highest BCUT2D eigenvalue weighted by atomic mass is 35.5. The van der Waals surface area contributed by atoms with Crippen molar-refractivity contribution in [2.45, 2.75) is 13.8 Å². The van der Waals surface area contributed by atoms with E-state index in [4.69, 9.17) is 11.6 Å². The van der Waals surface area contributed by atoms with E-state index in [1.807, 2.05) is 50.3 Å². The lowest BCUT2D eigenvalue weighted by Crippen LogP contribution is -2.01. The van der Waals surface area contributed by atoms with Gasteiger partial charge in [-0.05, 0) is 29.2 Å². The van der Waals surface area contributed by atoms with Crippen molar-refractivity contribution in [2.75, 3.05) is 0 Å². The Morgan fingerprint density at radius 2 is 1.86 bits per heavy atom. The van der Waals surface area contributed by atoms with Crippen molar-refractivity contribution in [3.63, 3.8) is 0 Å². The van der Waals surface area contributed by atoms with Crippen LogP contribution in [0, 0.1) is 5.92 Å². The standard InChI is InChI=1S/C12H13ClO/c1-9(2)11(12(13)14)8-10-6-4-3-5-7-10/h3-9H,1-2H3. The molecule has 0 saturated carbocycles. The molecule has 0 aromatic heterocycles. The first kappa shape index (κ1) is 11.0. The minimum absolute atomic E-state index is 0.153. The first-order valence-corrected chi connectivity index (χ1v) is 4.95. The number of allylic oxidation sites excluding steroid dienone is 1. The minimum Gasteiger partial charge on any atom is -0.276 e. The molecule has 0 saturated heterocycles. The Kier molecular flexibility index (Phi) is 3.90. The maximum Gasteiger partial charge on any atom is 0.248 e. The Hall–Kier alpha value is -1.08. The zero-order valence-corrected chi connectivity index (χ0v) is 9.08. The summed E-state index contributed by atoms with van der Waals surface area (Å²) in [7, 11) is 0. The molecule has 14 heavy (non-hydrogen) atoms. The van der Waals surface area contributed by atoms with Crippen LogP contribution in [0.15, 0.2) is 35.9 Å². The summed E-state index contributed by atoms with van der Waals surface area (Å²) >= 11 is 5.48. The molecule has 1 aromatic rings. The van der Waals surface area contributed by atoms with Gasteiger partial charge in [0.2, 0.25) is 5.24 Å². The van der Waals surface area contributed by atoms with Crippen LogP contribution in [0.5, 0.6) is 0 Å². The first-order chi connectivity index (χ1) is 6.61. The van der Waals surface area contributed by atoms with Crippen LogP contribution in [0.25, 0.3) is 6.08 Å². The summed E-state index contributed by atoms with van der Waals surface area (Å²) in [4.78, 5) is 11.1. The van der Waals surface area contributed by atoms with E-state index in [9.17, 15) is 4.79 Å². The summed E-state index contributed by atoms with van der Waals surface area (Å²) in [6.45, 7) is 3.91. The third kappa shape index (κ3) is 3.00. The largest absolute Gasteiger partial charge is 0.276 e. The Bertz CT molecular complexity index is 339. The molecular formula is C12H13ClO. The monoisotopic (exact) mass is 208 g/mol. The highest BCUT2D eigenvalue weighted by molar-refractivity contribution is 6.68. The van der Waals surface area contributed by atoms with Gasteiger partial charge in [0, 0.05) is 5.57 Å². The fourth-order valence-corrected chi connectivity index (χ4v) is 1.45. The van der Waals surface area contributed by atoms with E-state index in [0.717, 1.165) is 5.56 Å². The van der Waals surface area contributed by atoms with Gasteiger partial charge < -0.3 is 0 Å². The first-order valence-electron chi connectivity index (χ1n) is 4.57. The molecule has 0 aliphatic carbocycles. The van der Waals surface area contributed by atoms with Gasteiger partial charge >= 0.3 is 0 Å². The van der Waals surface area contributed by atoms with E-state index in [-0.39, 0.29) is 11.2 Å². The average molecular weight is 209 g/mol. The number of carbonyl (C=O) groups is 1. The SMILES string of the molecule is CC(C)C(=Cc1ccccc1)C(=O)Cl. The molecule has 0 aliphatic heterocycles. The van der Waals surface area contributed by atoms with Gasteiger partial charge in [-0.2, -0.15) is 0 Å². The molecule has 1 nitrogen and oxygen atoms in total. The van der Waals surface area contributed by atoms with Gasteiger partial charge in [-0.3, -0.25) is 4.79 Å². The van der Waals surface area contributed by atoms with Crippen LogP contribution >= 0.6 is 11.6 Å². The molecule has 0 radical (unpaired) electrons. The fraction of sp³-hybridized carbons (Fsp3) is 0.250. The van der Waals surface area contributed by atoms with Crippen molar-refractivity contribution in [3.05, 3.63) is 41.5 Å². The molecule has 0 heterocycles. The lowest BCUT2D eigenvalue weighted by Gasteiger charge is -2.05. The van der Waals surface area contributed by atoms with Gasteiger partial charge in [0.25, 0.3) is 0 Å². The molecule has 0 bridgehead atoms. The summed E-state index contributed by atoms with van der Waals surface area (Å²) in [5.41, 5.74) is 1.66. The van der Waals surface area contributed by atoms with Crippen molar-refractivity contribution in [3.8, 4) is 0 Å². The summed E-state index contributed by atoms with van der Waals surface area (Å²) in [5.74, 6) is 0.153. The summed E-state index contributed by atoms with van der Waals surface area (Å²) in [6, 6.07) is 9.70. The smallest absolute Gasteiger partial charge is 0.248 e. The summed E-state index contributed by atoms with van der Waals surface area (Å²) in [5, 5.41) is -0.371. The summed E-state index contributed by atoms with van der Waals surface area (Å²) < 4.78 is 0. The number of halogens is 1. The predicted octanol–water partition coefficient (Wildman–Crippen LogP) is 3.49. The van der Waals surface area contributed by atoms with Gasteiger partial charge in [-0.1, -0.05) is 44.2 Å². The van der Waals surface area contributed by atoms with Gasteiger partial charge in [-0.25, -0.2) is 0 Å². The van der Waals surface area contributed by atoms with Crippen molar-refractivity contribution >= 4 is 22.9 Å². The second-order valence-corrected chi connectivity index (χ2v) is 3.78. The van der Waals surface area contributed by atoms with Crippen molar-refractivity contribution in [2.24, 2.45) is 5.92 Å². The Morgan fingerprint density at radius 1 is 1.29 bits per heavy atom. The van der Waals surface area contributed by atoms with Crippen molar-refractivity contribution < 1.29 is 4.79 Å². The lowest BCUT2D eigenvalue weighted by atomic mass is 10.0. The van der Waals surface area contributed by atoms with Crippen LogP contribution in [0.4, 0.5) is 0 Å². The Balaban J connectivity index is 3.00. The quantitative estimate of drug-likeness (QED) is 0.549. The normalized spacial score (nSPS) is 11.9. The second kappa shape index (κ2) is 4.97. The molecule has 74 valence electrons. The van der Waals surface area contributed by atoms with Crippen LogP contribution in [0.3, 0.4) is 0 Å². The van der Waals surface area contributed by atoms with Crippen molar-refractivity contribution in [1.29, 1.82) is 0 Å². The molecule has 1 rings (SSSR count). The van der Waals surface area contributed by atoms with E-state index >= 15 is 0 Å². The highest BCUT2D eigenvalue weighted by Crippen LogP contribution is 2.17. The van der Waals surface area contributed by atoms with Gasteiger partial charge in [-0.15, -0.1) is 0 Å². The molecule has 1 aromatic carbocycles. The van der Waals surface area contributed by atoms with Crippen molar-refractivity contribution in [1.82, 2.24) is 0 Å². The van der Waals surface area contributed by atoms with E-state index in [1.54, 1.807) is 0 Å². The third-order valence-electron chi connectivity index (χ3n) is 1.97. The molecule has 0 amide bonds. The molecule has 0 fully saturated rings. The van der Waals surface area contributed by atoms with E-state index in [0.29, 0.717) is 5.57 Å². The van der Waals surface area contributed by atoms with Crippen LogP contribution in [-0.4, -0.2) is 5.24 Å². The Morgan fingerprint density at radius 3 is 2.29 bits per heavy atom. The molecule has 0 unspecified atom stereocenters. The zero-order chi connectivity index (χ0) is 10.6. The Labute approximate surface area is 89.4 Å². The lowest BCUT2D eigenvalue weighted by molar-refractivity contribution is -0.108.